The van der Waals surface area contributed by atoms with Crippen molar-refractivity contribution in [2.45, 2.75) is 45.7 Å². The molecule has 2 rings (SSSR count). The van der Waals surface area contributed by atoms with Crippen molar-refractivity contribution in [1.29, 1.82) is 0 Å². The third-order valence-electron chi connectivity index (χ3n) is 4.04. The quantitative estimate of drug-likeness (QED) is 0.853. The summed E-state index contributed by atoms with van der Waals surface area (Å²) in [6.45, 7) is 6.27. The van der Waals surface area contributed by atoms with E-state index in [1.54, 1.807) is 0 Å². The van der Waals surface area contributed by atoms with Gasteiger partial charge in [0.1, 0.15) is 11.6 Å². The molecule has 0 radical (unpaired) electrons. The zero-order valence-electron chi connectivity index (χ0n) is 11.2. The van der Waals surface area contributed by atoms with Crippen molar-refractivity contribution in [1.82, 2.24) is 5.32 Å². The first kappa shape index (κ1) is 13.5. The second-order valence-electron chi connectivity index (χ2n) is 5.70. The van der Waals surface area contributed by atoms with E-state index in [0.717, 1.165) is 18.8 Å². The smallest absolute Gasteiger partial charge is 0.130 e. The number of hydrogen-bond donors (Lipinski definition) is 1. The van der Waals surface area contributed by atoms with Crippen molar-refractivity contribution in [3.05, 3.63) is 35.4 Å². The Labute approximate surface area is 108 Å². The van der Waals surface area contributed by atoms with E-state index in [0.29, 0.717) is 12.0 Å². The molecule has 0 heterocycles. The Morgan fingerprint density at radius 2 is 1.67 bits per heavy atom. The Morgan fingerprint density at radius 3 is 2.17 bits per heavy atom. The molecule has 3 heteroatoms. The first-order chi connectivity index (χ1) is 8.49. The second-order valence-corrected chi connectivity index (χ2v) is 5.70. The standard InChI is InChI=1S/C15H21F2N/c1-9(2)11-7-12(8-11)18-10(3)15-13(16)5-4-6-14(15)17/h4-6,9-12,18H,7-8H2,1-3H3. The summed E-state index contributed by atoms with van der Waals surface area (Å²) >= 11 is 0. The molecule has 0 spiro atoms. The monoisotopic (exact) mass is 253 g/mol. The maximum atomic E-state index is 13.6. The van der Waals surface area contributed by atoms with E-state index in [9.17, 15) is 8.78 Å². The Bertz CT molecular complexity index is 391. The van der Waals surface area contributed by atoms with Gasteiger partial charge in [0.05, 0.1) is 0 Å². The van der Waals surface area contributed by atoms with E-state index in [1.165, 1.54) is 18.2 Å². The van der Waals surface area contributed by atoms with Gasteiger partial charge in [0, 0.05) is 17.6 Å². The molecule has 0 saturated heterocycles. The molecule has 1 aliphatic rings. The minimum absolute atomic E-state index is 0.158. The highest BCUT2D eigenvalue weighted by Crippen LogP contribution is 2.35. The van der Waals surface area contributed by atoms with Gasteiger partial charge in [-0.2, -0.15) is 0 Å². The number of halogens is 2. The normalized spacial score (nSPS) is 25.0. The summed E-state index contributed by atoms with van der Waals surface area (Å²) in [4.78, 5) is 0. The van der Waals surface area contributed by atoms with Crippen LogP contribution in [0.3, 0.4) is 0 Å². The third kappa shape index (κ3) is 2.72. The lowest BCUT2D eigenvalue weighted by Crippen LogP contribution is -2.44. The van der Waals surface area contributed by atoms with Gasteiger partial charge >= 0.3 is 0 Å². The first-order valence-corrected chi connectivity index (χ1v) is 6.69. The van der Waals surface area contributed by atoms with Crippen LogP contribution in [0.4, 0.5) is 8.78 Å². The van der Waals surface area contributed by atoms with Crippen LogP contribution in [0.15, 0.2) is 18.2 Å². The maximum absolute atomic E-state index is 13.6. The highest BCUT2D eigenvalue weighted by molar-refractivity contribution is 5.23. The minimum atomic E-state index is -0.463. The largest absolute Gasteiger partial charge is 0.307 e. The number of hydrogen-bond acceptors (Lipinski definition) is 1. The number of nitrogens with one attached hydrogen (secondary N) is 1. The summed E-state index contributed by atoms with van der Waals surface area (Å²) in [5.41, 5.74) is 0.158. The van der Waals surface area contributed by atoms with Crippen LogP contribution in [-0.2, 0) is 0 Å². The average molecular weight is 253 g/mol. The Balaban J connectivity index is 1.95. The van der Waals surface area contributed by atoms with E-state index < -0.39 is 11.6 Å². The first-order valence-electron chi connectivity index (χ1n) is 6.69. The zero-order valence-corrected chi connectivity index (χ0v) is 11.2. The molecule has 1 aliphatic carbocycles. The molecule has 0 amide bonds. The lowest BCUT2D eigenvalue weighted by molar-refractivity contribution is 0.158. The zero-order chi connectivity index (χ0) is 13.3. The second kappa shape index (κ2) is 5.35. The van der Waals surface area contributed by atoms with Gasteiger partial charge in [0.2, 0.25) is 0 Å². The third-order valence-corrected chi connectivity index (χ3v) is 4.04. The topological polar surface area (TPSA) is 12.0 Å². The molecule has 0 aliphatic heterocycles. The van der Waals surface area contributed by atoms with Crippen molar-refractivity contribution in [3.63, 3.8) is 0 Å². The van der Waals surface area contributed by atoms with Gasteiger partial charge in [-0.3, -0.25) is 0 Å². The molecular weight excluding hydrogens is 232 g/mol. The predicted molar refractivity (Wildman–Crippen MR) is 69.3 cm³/mol. The highest BCUT2D eigenvalue weighted by Gasteiger charge is 2.32. The van der Waals surface area contributed by atoms with Crippen molar-refractivity contribution in [2.75, 3.05) is 0 Å². The Hall–Kier alpha value is -0.960. The predicted octanol–water partition coefficient (Wildman–Crippen LogP) is 4.05. The molecule has 1 aromatic rings. The van der Waals surface area contributed by atoms with Gasteiger partial charge in [0.25, 0.3) is 0 Å². The van der Waals surface area contributed by atoms with Crippen molar-refractivity contribution in [2.24, 2.45) is 11.8 Å². The van der Waals surface area contributed by atoms with Crippen LogP contribution in [-0.4, -0.2) is 6.04 Å². The van der Waals surface area contributed by atoms with Gasteiger partial charge in [-0.25, -0.2) is 8.78 Å². The van der Waals surface area contributed by atoms with Crippen molar-refractivity contribution >= 4 is 0 Å². The lowest BCUT2D eigenvalue weighted by atomic mass is 9.73. The molecular formula is C15H21F2N. The van der Waals surface area contributed by atoms with Gasteiger partial charge in [-0.15, -0.1) is 0 Å². The van der Waals surface area contributed by atoms with E-state index in [2.05, 4.69) is 19.2 Å². The van der Waals surface area contributed by atoms with Crippen molar-refractivity contribution < 1.29 is 8.78 Å². The van der Waals surface area contributed by atoms with Gasteiger partial charge in [0.15, 0.2) is 0 Å². The van der Waals surface area contributed by atoms with Crippen LogP contribution >= 0.6 is 0 Å². The summed E-state index contributed by atoms with van der Waals surface area (Å²) in [5, 5.41) is 3.32. The summed E-state index contributed by atoms with van der Waals surface area (Å²) in [6, 6.07) is 4.15. The maximum Gasteiger partial charge on any atom is 0.130 e. The molecule has 1 unspecified atom stereocenters. The van der Waals surface area contributed by atoms with Crippen molar-refractivity contribution in [3.8, 4) is 0 Å². The van der Waals surface area contributed by atoms with Crippen LogP contribution in [0.2, 0.25) is 0 Å². The van der Waals surface area contributed by atoms with Crippen LogP contribution in [0.25, 0.3) is 0 Å². The van der Waals surface area contributed by atoms with Gasteiger partial charge < -0.3 is 5.32 Å². The fraction of sp³-hybridized carbons (Fsp3) is 0.600. The van der Waals surface area contributed by atoms with Gasteiger partial charge in [-0.1, -0.05) is 19.9 Å². The fourth-order valence-corrected chi connectivity index (χ4v) is 2.70. The fourth-order valence-electron chi connectivity index (χ4n) is 2.70. The van der Waals surface area contributed by atoms with Crippen LogP contribution in [0.1, 0.15) is 45.2 Å². The lowest BCUT2D eigenvalue weighted by Gasteiger charge is -2.40. The van der Waals surface area contributed by atoms with Crippen LogP contribution in [0, 0.1) is 23.5 Å². The van der Waals surface area contributed by atoms with E-state index in [-0.39, 0.29) is 11.6 Å². The molecule has 0 bridgehead atoms. The molecule has 1 aromatic carbocycles. The molecule has 0 aromatic heterocycles. The number of benzene rings is 1. The summed E-state index contributed by atoms with van der Waals surface area (Å²) < 4.78 is 27.2. The van der Waals surface area contributed by atoms with E-state index in [4.69, 9.17) is 0 Å². The van der Waals surface area contributed by atoms with Crippen LogP contribution < -0.4 is 5.32 Å². The molecule has 1 atom stereocenters. The van der Waals surface area contributed by atoms with Crippen LogP contribution in [0.5, 0.6) is 0 Å². The highest BCUT2D eigenvalue weighted by atomic mass is 19.1. The Kier molecular flexibility index (Phi) is 4.00. The molecule has 1 N–H and O–H groups in total. The summed E-state index contributed by atoms with van der Waals surface area (Å²) in [5.74, 6) is 0.521. The van der Waals surface area contributed by atoms with E-state index >= 15 is 0 Å². The minimum Gasteiger partial charge on any atom is -0.307 e. The summed E-state index contributed by atoms with van der Waals surface area (Å²) in [6.07, 6.45) is 2.22. The van der Waals surface area contributed by atoms with E-state index in [1.807, 2.05) is 6.92 Å². The molecule has 18 heavy (non-hydrogen) atoms. The molecule has 1 fully saturated rings. The SMILES string of the molecule is CC(NC1CC(C(C)C)C1)c1c(F)cccc1F. The average Bonchev–Trinajstić information content (AvgIpc) is 2.21. The number of rotatable bonds is 4. The Morgan fingerprint density at radius 1 is 1.11 bits per heavy atom. The van der Waals surface area contributed by atoms with Gasteiger partial charge in [-0.05, 0) is 43.7 Å². The molecule has 100 valence electrons. The molecule has 1 saturated carbocycles. The summed E-state index contributed by atoms with van der Waals surface area (Å²) in [7, 11) is 0. The molecule has 1 nitrogen and oxygen atoms in total.